The fourth-order valence-corrected chi connectivity index (χ4v) is 5.47. The molecule has 0 aliphatic heterocycles. The Morgan fingerprint density at radius 3 is 1.76 bits per heavy atom. The average Bonchev–Trinajstić information content (AvgIpc) is 3.36. The van der Waals surface area contributed by atoms with Crippen LogP contribution in [0.3, 0.4) is 0 Å². The van der Waals surface area contributed by atoms with Gasteiger partial charge in [0.05, 0.1) is 4.75 Å². The van der Waals surface area contributed by atoms with Gasteiger partial charge in [-0.2, -0.15) is 4.98 Å². The Kier molecular flexibility index (Phi) is 7.33. The van der Waals surface area contributed by atoms with Crippen LogP contribution in [0.4, 0.5) is 4.79 Å². The number of nitrogens with zero attached hydrogens (tertiary/aromatic N) is 2. The van der Waals surface area contributed by atoms with Crippen molar-refractivity contribution in [3.8, 4) is 0 Å². The summed E-state index contributed by atoms with van der Waals surface area (Å²) in [7, 11) is 0. The topological polar surface area (TPSA) is 88.2 Å². The smallest absolute Gasteiger partial charge is 0.405 e. The minimum absolute atomic E-state index is 0.0766. The third-order valence-electron chi connectivity index (χ3n) is 5.58. The minimum Gasteiger partial charge on any atom is -0.465 e. The summed E-state index contributed by atoms with van der Waals surface area (Å²) in [5, 5.41) is 16.1. The van der Waals surface area contributed by atoms with Crippen LogP contribution in [-0.2, 0) is 4.75 Å². The molecule has 0 spiro atoms. The summed E-state index contributed by atoms with van der Waals surface area (Å²) in [6, 6.07) is 30.1. The van der Waals surface area contributed by atoms with Crippen LogP contribution in [-0.4, -0.2) is 27.1 Å². The number of carboxylic acid groups (broad SMARTS) is 1. The molecule has 0 fully saturated rings. The molecule has 1 amide bonds. The summed E-state index contributed by atoms with van der Waals surface area (Å²) < 4.78 is 4.89. The van der Waals surface area contributed by atoms with Crippen molar-refractivity contribution in [2.75, 3.05) is 5.75 Å². The Morgan fingerprint density at radius 2 is 1.38 bits per heavy atom. The summed E-state index contributed by atoms with van der Waals surface area (Å²) >= 11 is 1.64. The lowest BCUT2D eigenvalue weighted by molar-refractivity contribution is 0.188. The van der Waals surface area contributed by atoms with Gasteiger partial charge in [-0.15, -0.1) is 11.8 Å². The fourth-order valence-electron chi connectivity index (χ4n) is 3.92. The van der Waals surface area contributed by atoms with E-state index in [1.165, 1.54) is 0 Å². The van der Waals surface area contributed by atoms with Crippen molar-refractivity contribution in [3.05, 3.63) is 119 Å². The van der Waals surface area contributed by atoms with Crippen molar-refractivity contribution in [1.29, 1.82) is 0 Å². The van der Waals surface area contributed by atoms with Crippen molar-refractivity contribution in [3.63, 3.8) is 0 Å². The lowest BCUT2D eigenvalue weighted by Gasteiger charge is -2.36. The zero-order valence-corrected chi connectivity index (χ0v) is 19.9. The van der Waals surface area contributed by atoms with Gasteiger partial charge in [0.15, 0.2) is 5.82 Å². The molecule has 34 heavy (non-hydrogen) atoms. The Labute approximate surface area is 203 Å². The van der Waals surface area contributed by atoms with E-state index in [0.29, 0.717) is 11.6 Å². The van der Waals surface area contributed by atoms with Gasteiger partial charge in [-0.3, -0.25) is 0 Å². The summed E-state index contributed by atoms with van der Waals surface area (Å²) in [5.41, 5.74) is 3.29. The molecule has 0 aliphatic carbocycles. The monoisotopic (exact) mass is 473 g/mol. The lowest BCUT2D eigenvalue weighted by atomic mass is 9.84. The van der Waals surface area contributed by atoms with Crippen LogP contribution in [0, 0.1) is 0 Å². The summed E-state index contributed by atoms with van der Waals surface area (Å²) in [4.78, 5) is 16.1. The fraction of sp³-hybridized carbons (Fsp3) is 0.222. The van der Waals surface area contributed by atoms with E-state index in [1.54, 1.807) is 11.8 Å². The average molecular weight is 474 g/mol. The van der Waals surface area contributed by atoms with E-state index < -0.39 is 16.9 Å². The number of benzene rings is 3. The normalized spacial score (nSPS) is 12.4. The number of rotatable bonds is 9. The quantitative estimate of drug-likeness (QED) is 0.280. The van der Waals surface area contributed by atoms with Gasteiger partial charge in [-0.05, 0) is 16.7 Å². The maximum atomic E-state index is 11.6. The van der Waals surface area contributed by atoms with Gasteiger partial charge >= 0.3 is 6.09 Å². The largest absolute Gasteiger partial charge is 0.465 e. The second-order valence-corrected chi connectivity index (χ2v) is 9.47. The van der Waals surface area contributed by atoms with E-state index in [2.05, 4.69) is 51.9 Å². The van der Waals surface area contributed by atoms with Gasteiger partial charge in [0.1, 0.15) is 6.04 Å². The second-order valence-electron chi connectivity index (χ2n) is 8.24. The number of aromatic nitrogens is 2. The summed E-state index contributed by atoms with van der Waals surface area (Å²) in [6.07, 6.45) is -1.14. The van der Waals surface area contributed by atoms with Crippen LogP contribution < -0.4 is 5.32 Å². The predicted molar refractivity (Wildman–Crippen MR) is 134 cm³/mol. The Balaban J connectivity index is 1.80. The number of carbonyl (C=O) groups is 1. The van der Waals surface area contributed by atoms with E-state index in [9.17, 15) is 9.90 Å². The van der Waals surface area contributed by atoms with Crippen LogP contribution in [0.2, 0.25) is 0 Å². The second kappa shape index (κ2) is 10.6. The molecular formula is C27H27N3O3S. The van der Waals surface area contributed by atoms with Crippen molar-refractivity contribution in [2.24, 2.45) is 0 Å². The SMILES string of the molecule is CC(C)c1noc(C(CSC(c2ccccc2)(c2ccccc2)c2ccccc2)NC(=O)O)n1. The molecule has 4 aromatic rings. The standard InChI is InChI=1S/C27H27N3O3S/c1-19(2)24-29-25(33-30-24)23(28-26(31)32)18-34-27(20-12-6-3-7-13-20,21-14-8-4-9-15-21)22-16-10-5-11-17-22/h3-17,19,23,28H,18H2,1-2H3,(H,31,32). The highest BCUT2D eigenvalue weighted by molar-refractivity contribution is 8.00. The number of hydrogen-bond acceptors (Lipinski definition) is 5. The predicted octanol–water partition coefficient (Wildman–Crippen LogP) is 6.23. The molecule has 174 valence electrons. The molecule has 0 saturated carbocycles. The molecule has 1 atom stereocenters. The third-order valence-corrected chi connectivity index (χ3v) is 7.22. The highest BCUT2D eigenvalue weighted by Crippen LogP contribution is 2.49. The third kappa shape index (κ3) is 4.99. The van der Waals surface area contributed by atoms with E-state index in [0.717, 1.165) is 16.7 Å². The Hall–Kier alpha value is -3.58. The van der Waals surface area contributed by atoms with Gasteiger partial charge in [0, 0.05) is 11.7 Å². The molecule has 4 rings (SSSR count). The molecule has 7 heteroatoms. The zero-order valence-electron chi connectivity index (χ0n) is 19.1. The first-order chi connectivity index (χ1) is 16.5. The molecular weight excluding hydrogens is 446 g/mol. The summed E-state index contributed by atoms with van der Waals surface area (Å²) in [6.45, 7) is 3.93. The van der Waals surface area contributed by atoms with Gasteiger partial charge in [0.2, 0.25) is 5.89 Å². The van der Waals surface area contributed by atoms with Crippen molar-refractivity contribution in [1.82, 2.24) is 15.5 Å². The molecule has 0 radical (unpaired) electrons. The van der Waals surface area contributed by atoms with Gasteiger partial charge in [-0.1, -0.05) is 110 Å². The van der Waals surface area contributed by atoms with E-state index >= 15 is 0 Å². The number of hydrogen-bond donors (Lipinski definition) is 2. The number of amides is 1. The molecule has 0 aliphatic rings. The summed E-state index contributed by atoms with van der Waals surface area (Å²) in [5.74, 6) is 1.28. The van der Waals surface area contributed by atoms with Crippen LogP contribution in [0.5, 0.6) is 0 Å². The highest BCUT2D eigenvalue weighted by atomic mass is 32.2. The first-order valence-electron chi connectivity index (χ1n) is 11.1. The van der Waals surface area contributed by atoms with Crippen LogP contribution in [0.15, 0.2) is 95.5 Å². The first kappa shape index (κ1) is 23.6. The molecule has 0 saturated heterocycles. The molecule has 6 nitrogen and oxygen atoms in total. The minimum atomic E-state index is -1.14. The molecule has 1 heterocycles. The number of thioether (sulfide) groups is 1. The molecule has 0 bridgehead atoms. The van der Waals surface area contributed by atoms with Gasteiger partial charge in [0.25, 0.3) is 0 Å². The van der Waals surface area contributed by atoms with Crippen LogP contribution in [0.1, 0.15) is 54.2 Å². The molecule has 2 N–H and O–H groups in total. The molecule has 1 unspecified atom stereocenters. The molecule has 3 aromatic carbocycles. The lowest BCUT2D eigenvalue weighted by Crippen LogP contribution is -2.32. The zero-order chi connectivity index (χ0) is 24.0. The maximum absolute atomic E-state index is 11.6. The van der Waals surface area contributed by atoms with E-state index in [-0.39, 0.29) is 11.8 Å². The van der Waals surface area contributed by atoms with Gasteiger partial charge < -0.3 is 14.9 Å². The maximum Gasteiger partial charge on any atom is 0.405 e. The van der Waals surface area contributed by atoms with Gasteiger partial charge in [-0.25, -0.2) is 4.79 Å². The van der Waals surface area contributed by atoms with Crippen molar-refractivity contribution in [2.45, 2.75) is 30.6 Å². The first-order valence-corrected chi connectivity index (χ1v) is 12.1. The van der Waals surface area contributed by atoms with Crippen molar-refractivity contribution >= 4 is 17.9 Å². The Bertz CT molecular complexity index is 1100. The Morgan fingerprint density at radius 1 is 0.912 bits per heavy atom. The molecule has 1 aromatic heterocycles. The van der Waals surface area contributed by atoms with Crippen LogP contribution in [0.25, 0.3) is 0 Å². The highest BCUT2D eigenvalue weighted by Gasteiger charge is 2.38. The number of nitrogens with one attached hydrogen (secondary N) is 1. The van der Waals surface area contributed by atoms with E-state index in [1.807, 2.05) is 68.4 Å². The van der Waals surface area contributed by atoms with Crippen LogP contribution >= 0.6 is 11.8 Å². The van der Waals surface area contributed by atoms with Crippen molar-refractivity contribution < 1.29 is 14.4 Å². The van der Waals surface area contributed by atoms with E-state index in [4.69, 9.17) is 4.52 Å².